The molecule has 4 rings (SSSR count). The highest BCUT2D eigenvalue weighted by Crippen LogP contribution is 2.42. The van der Waals surface area contributed by atoms with Crippen molar-refractivity contribution >= 4 is 34.4 Å². The number of aromatic nitrogens is 2. The van der Waals surface area contributed by atoms with Crippen molar-refractivity contribution in [1.29, 1.82) is 0 Å². The Kier molecular flexibility index (Phi) is 6.68. The van der Waals surface area contributed by atoms with Gasteiger partial charge >= 0.3 is 11.9 Å². The third-order valence-corrected chi connectivity index (χ3v) is 5.87. The van der Waals surface area contributed by atoms with Crippen LogP contribution < -0.4 is 4.74 Å². The zero-order valence-electron chi connectivity index (χ0n) is 20.4. The number of fused-ring (bicyclic) bond motifs is 1. The lowest BCUT2D eigenvalue weighted by Crippen LogP contribution is -2.26. The van der Waals surface area contributed by atoms with E-state index < -0.39 is 17.4 Å². The molecule has 0 aliphatic heterocycles. The van der Waals surface area contributed by atoms with Crippen LogP contribution in [0.15, 0.2) is 60.8 Å². The van der Waals surface area contributed by atoms with E-state index in [9.17, 15) is 9.59 Å². The van der Waals surface area contributed by atoms with Gasteiger partial charge in [0.25, 0.3) is 0 Å². The Bertz CT molecular complexity index is 1400. The molecule has 0 spiro atoms. The summed E-state index contributed by atoms with van der Waals surface area (Å²) in [5, 5.41) is 1.24. The summed E-state index contributed by atoms with van der Waals surface area (Å²) in [6, 6.07) is 17.3. The van der Waals surface area contributed by atoms with Gasteiger partial charge in [-0.25, -0.2) is 9.78 Å². The highest BCUT2D eigenvalue weighted by molar-refractivity contribution is 6.30. The molecule has 0 atom stereocenters. The summed E-state index contributed by atoms with van der Waals surface area (Å²) >= 11 is 6.16. The number of aryl methyl sites for hydroxylation is 1. The number of carbonyl (C=O) groups is 2. The van der Waals surface area contributed by atoms with Gasteiger partial charge in [0.05, 0.1) is 34.8 Å². The number of esters is 2. The van der Waals surface area contributed by atoms with Gasteiger partial charge in [0.1, 0.15) is 0 Å². The molecule has 0 aliphatic carbocycles. The Hall–Kier alpha value is -3.64. The molecule has 7 heteroatoms. The molecular weight excluding hydrogens is 464 g/mol. The summed E-state index contributed by atoms with van der Waals surface area (Å²) in [6.07, 6.45) is 1.62. The first-order chi connectivity index (χ1) is 16.6. The van der Waals surface area contributed by atoms with E-state index in [1.165, 1.54) is 0 Å². The van der Waals surface area contributed by atoms with E-state index in [2.05, 4.69) is 4.98 Å². The van der Waals surface area contributed by atoms with Gasteiger partial charge in [-0.05, 0) is 70.0 Å². The third kappa shape index (κ3) is 4.66. The lowest BCUT2D eigenvalue weighted by Gasteiger charge is -2.18. The van der Waals surface area contributed by atoms with Gasteiger partial charge in [0, 0.05) is 10.7 Å². The van der Waals surface area contributed by atoms with E-state index in [1.807, 2.05) is 66.1 Å². The molecule has 2 aromatic carbocycles. The maximum Gasteiger partial charge on any atom is 0.360 e. The second kappa shape index (κ2) is 9.55. The molecule has 0 saturated carbocycles. The van der Waals surface area contributed by atoms with Crippen LogP contribution in [0.3, 0.4) is 0 Å². The minimum Gasteiger partial charge on any atom is -0.461 e. The predicted octanol–water partition coefficient (Wildman–Crippen LogP) is 6.78. The van der Waals surface area contributed by atoms with Crippen LogP contribution in [0.25, 0.3) is 27.8 Å². The highest BCUT2D eigenvalue weighted by atomic mass is 35.5. The van der Waals surface area contributed by atoms with Gasteiger partial charge in [-0.3, -0.25) is 4.79 Å². The number of hydrogen-bond acceptors (Lipinski definition) is 5. The second-order valence-electron chi connectivity index (χ2n) is 9.21. The second-order valence-corrected chi connectivity index (χ2v) is 9.64. The summed E-state index contributed by atoms with van der Waals surface area (Å²) in [6.45, 7) is 9.10. The average molecular weight is 491 g/mol. The normalized spacial score (nSPS) is 11.5. The van der Waals surface area contributed by atoms with E-state index in [4.69, 9.17) is 21.1 Å². The minimum atomic E-state index is -0.789. The number of pyridine rings is 1. The maximum absolute atomic E-state index is 13.0. The van der Waals surface area contributed by atoms with E-state index in [1.54, 1.807) is 33.9 Å². The minimum absolute atomic E-state index is 0.0343. The summed E-state index contributed by atoms with van der Waals surface area (Å²) in [5.74, 6) is -1.02. The van der Waals surface area contributed by atoms with Crippen LogP contribution in [0.5, 0.6) is 5.75 Å². The quantitative estimate of drug-likeness (QED) is 0.288. The third-order valence-electron chi connectivity index (χ3n) is 5.62. The van der Waals surface area contributed by atoms with E-state index in [0.29, 0.717) is 15.9 Å². The van der Waals surface area contributed by atoms with Crippen molar-refractivity contribution in [1.82, 2.24) is 9.55 Å². The SMILES string of the molecule is CCOC(=O)c1ncc2c(c(C)c(-c3ccc(Cl)cc3)n2-c2ccccc2)c1OC(=O)C(C)(C)C. The van der Waals surface area contributed by atoms with Crippen molar-refractivity contribution in [2.45, 2.75) is 34.6 Å². The Morgan fingerprint density at radius 3 is 2.29 bits per heavy atom. The molecule has 6 nitrogen and oxygen atoms in total. The zero-order valence-corrected chi connectivity index (χ0v) is 21.1. The lowest BCUT2D eigenvalue weighted by atomic mass is 9.97. The molecule has 2 aromatic heterocycles. The fraction of sp³-hybridized carbons (Fsp3) is 0.250. The molecule has 0 N–H and O–H groups in total. The first kappa shape index (κ1) is 24.5. The molecule has 0 fully saturated rings. The number of hydrogen-bond donors (Lipinski definition) is 0. The Morgan fingerprint density at radius 1 is 1.03 bits per heavy atom. The lowest BCUT2D eigenvalue weighted by molar-refractivity contribution is -0.142. The number of benzene rings is 2. The molecule has 0 saturated heterocycles. The van der Waals surface area contributed by atoms with Crippen molar-refractivity contribution in [3.8, 4) is 22.7 Å². The van der Waals surface area contributed by atoms with E-state index in [-0.39, 0.29) is 18.1 Å². The van der Waals surface area contributed by atoms with E-state index >= 15 is 0 Å². The van der Waals surface area contributed by atoms with Gasteiger partial charge in [0.2, 0.25) is 0 Å². The zero-order chi connectivity index (χ0) is 25.3. The average Bonchev–Trinajstić information content (AvgIpc) is 3.12. The van der Waals surface area contributed by atoms with Crippen molar-refractivity contribution in [3.05, 3.63) is 77.1 Å². The van der Waals surface area contributed by atoms with Crippen molar-refractivity contribution in [3.63, 3.8) is 0 Å². The van der Waals surface area contributed by atoms with Crippen LogP contribution in [0, 0.1) is 12.3 Å². The molecule has 0 amide bonds. The Balaban J connectivity index is 2.10. The molecule has 0 aliphatic rings. The van der Waals surface area contributed by atoms with Gasteiger partial charge in [-0.2, -0.15) is 0 Å². The number of carbonyl (C=O) groups excluding carboxylic acids is 2. The molecule has 2 heterocycles. The molecule has 4 aromatic rings. The summed E-state index contributed by atoms with van der Waals surface area (Å²) in [4.78, 5) is 30.2. The summed E-state index contributed by atoms with van der Waals surface area (Å²) in [7, 11) is 0. The van der Waals surface area contributed by atoms with Gasteiger partial charge in [-0.15, -0.1) is 0 Å². The molecule has 0 unspecified atom stereocenters. The van der Waals surface area contributed by atoms with Crippen molar-refractivity contribution < 1.29 is 19.1 Å². The standard InChI is InChI=1S/C28H27ClN2O4/c1-6-34-26(32)23-25(35-27(33)28(3,4)5)22-17(2)24(18-12-14-19(29)15-13-18)31(21(22)16-30-23)20-10-8-7-9-11-20/h7-16H,6H2,1-5H3. The maximum atomic E-state index is 13.0. The first-order valence-corrected chi connectivity index (χ1v) is 11.8. The van der Waals surface area contributed by atoms with Gasteiger partial charge < -0.3 is 14.0 Å². The molecule has 0 bridgehead atoms. The van der Waals surface area contributed by atoms with E-state index in [0.717, 1.165) is 22.5 Å². The molecule has 0 radical (unpaired) electrons. The molecular formula is C28H27ClN2O4. The van der Waals surface area contributed by atoms with Crippen LogP contribution in [0.4, 0.5) is 0 Å². The van der Waals surface area contributed by atoms with Crippen LogP contribution in [0.2, 0.25) is 5.02 Å². The number of rotatable bonds is 5. The number of halogens is 1. The monoisotopic (exact) mass is 490 g/mol. The topological polar surface area (TPSA) is 70.4 Å². The largest absolute Gasteiger partial charge is 0.461 e. The van der Waals surface area contributed by atoms with Crippen molar-refractivity contribution in [2.24, 2.45) is 5.41 Å². The van der Waals surface area contributed by atoms with Gasteiger partial charge in [0.15, 0.2) is 11.4 Å². The number of nitrogens with zero attached hydrogens (tertiary/aromatic N) is 2. The van der Waals surface area contributed by atoms with Gasteiger partial charge in [-0.1, -0.05) is 41.9 Å². The summed E-state index contributed by atoms with van der Waals surface area (Å²) in [5.41, 5.74) is 3.39. The molecule has 35 heavy (non-hydrogen) atoms. The molecule has 180 valence electrons. The highest BCUT2D eigenvalue weighted by Gasteiger charge is 2.31. The van der Waals surface area contributed by atoms with Crippen LogP contribution >= 0.6 is 11.6 Å². The Labute approximate surface area is 209 Å². The fourth-order valence-electron chi connectivity index (χ4n) is 3.91. The van der Waals surface area contributed by atoms with Crippen molar-refractivity contribution in [2.75, 3.05) is 6.61 Å². The summed E-state index contributed by atoms with van der Waals surface area (Å²) < 4.78 is 13.2. The fourth-order valence-corrected chi connectivity index (χ4v) is 4.04. The predicted molar refractivity (Wildman–Crippen MR) is 137 cm³/mol. The number of ether oxygens (including phenoxy) is 2. The first-order valence-electron chi connectivity index (χ1n) is 11.4. The van der Waals surface area contributed by atoms with Crippen LogP contribution in [-0.2, 0) is 9.53 Å². The van der Waals surface area contributed by atoms with Crippen LogP contribution in [0.1, 0.15) is 43.7 Å². The number of para-hydroxylation sites is 1. The smallest absolute Gasteiger partial charge is 0.360 e. The Morgan fingerprint density at radius 2 is 1.69 bits per heavy atom. The van der Waals surface area contributed by atoms with Crippen LogP contribution in [-0.4, -0.2) is 28.1 Å².